The summed E-state index contributed by atoms with van der Waals surface area (Å²) < 4.78 is 110. The molecule has 0 saturated heterocycles. The first-order chi connectivity index (χ1) is 16.2. The van der Waals surface area contributed by atoms with Crippen LogP contribution < -0.4 is 10.6 Å². The molecule has 2 N–H and O–H groups in total. The quantitative estimate of drug-likeness (QED) is 0.492. The second kappa shape index (κ2) is 8.68. The van der Waals surface area contributed by atoms with Crippen molar-refractivity contribution in [1.29, 1.82) is 0 Å². The average Bonchev–Trinajstić information content (AvgIpc) is 3.21. The molecular weight excluding hydrogens is 526 g/mol. The van der Waals surface area contributed by atoms with E-state index in [1.165, 1.54) is 4.90 Å². The minimum atomic E-state index is -6.03. The molecule has 4 rings (SSSR count). The van der Waals surface area contributed by atoms with E-state index in [0.717, 1.165) is 6.07 Å². The van der Waals surface area contributed by atoms with Crippen molar-refractivity contribution in [2.45, 2.75) is 29.6 Å². The molecule has 3 aromatic rings. The number of fused-ring (bicyclic) bond motifs is 1. The Morgan fingerprint density at radius 2 is 1.77 bits per heavy atom. The molecule has 188 valence electrons. The lowest BCUT2D eigenvalue weighted by molar-refractivity contribution is -0.297. The number of rotatable bonds is 4. The number of halogens is 7. The van der Waals surface area contributed by atoms with Crippen molar-refractivity contribution in [2.75, 3.05) is 17.2 Å². The van der Waals surface area contributed by atoms with Gasteiger partial charge in [-0.1, -0.05) is 23.7 Å². The minimum Gasteiger partial charge on any atom is -0.414 e. The van der Waals surface area contributed by atoms with Crippen LogP contribution in [0.2, 0.25) is 5.02 Å². The lowest BCUT2D eigenvalue weighted by atomic mass is 10.1. The highest BCUT2D eigenvalue weighted by molar-refractivity contribution is 7.91. The summed E-state index contributed by atoms with van der Waals surface area (Å²) in [6.07, 6.45) is -6.03. The first-order valence-corrected chi connectivity index (χ1v) is 11.8. The van der Waals surface area contributed by atoms with E-state index < -0.39 is 61.8 Å². The Kier molecular flexibility index (Phi) is 6.26. The predicted octanol–water partition coefficient (Wildman–Crippen LogP) is 4.30. The van der Waals surface area contributed by atoms with Gasteiger partial charge in [-0.05, 0) is 29.8 Å². The molecule has 1 atom stereocenters. The summed E-state index contributed by atoms with van der Waals surface area (Å²) in [5.41, 5.74) is 5.93. The number of aromatic nitrogens is 2. The average molecular weight is 541 g/mol. The monoisotopic (exact) mass is 540 g/mol. The number of sulfone groups is 1. The van der Waals surface area contributed by atoms with Crippen molar-refractivity contribution in [3.63, 3.8) is 0 Å². The Morgan fingerprint density at radius 3 is 2.40 bits per heavy atom. The molecule has 0 amide bonds. The van der Waals surface area contributed by atoms with Crippen LogP contribution >= 0.6 is 11.6 Å². The van der Waals surface area contributed by atoms with Crippen LogP contribution in [0, 0.1) is 5.82 Å². The Bertz CT molecular complexity index is 1360. The zero-order valence-corrected chi connectivity index (χ0v) is 18.9. The van der Waals surface area contributed by atoms with Crippen LogP contribution in [0.1, 0.15) is 11.5 Å². The Balaban J connectivity index is 1.83. The largest absolute Gasteiger partial charge is 0.463 e. The van der Waals surface area contributed by atoms with Crippen LogP contribution in [0.4, 0.5) is 32.0 Å². The fraction of sp³-hybridized carbons (Fsp3) is 0.300. The number of anilines is 1. The van der Waals surface area contributed by atoms with Crippen LogP contribution in [0.15, 0.2) is 45.7 Å². The van der Waals surface area contributed by atoms with Crippen LogP contribution in [-0.2, 0) is 22.3 Å². The van der Waals surface area contributed by atoms with Gasteiger partial charge in [0.05, 0.1) is 21.9 Å². The lowest BCUT2D eigenvalue weighted by Crippen LogP contribution is -2.39. The van der Waals surface area contributed by atoms with Crippen LogP contribution in [0.3, 0.4) is 0 Å². The molecule has 0 spiro atoms. The first kappa shape index (κ1) is 25.3. The first-order valence-electron chi connectivity index (χ1n) is 9.79. The molecular formula is C20H15ClF6N4O3S. The molecule has 0 bridgehead atoms. The normalized spacial score (nSPS) is 18.3. The summed E-state index contributed by atoms with van der Waals surface area (Å²) in [5, 5.41) is 6.30. The van der Waals surface area contributed by atoms with Crippen molar-refractivity contribution >= 4 is 27.1 Å². The van der Waals surface area contributed by atoms with Crippen molar-refractivity contribution in [2.24, 2.45) is 5.73 Å². The molecule has 0 unspecified atom stereocenters. The fourth-order valence-corrected chi connectivity index (χ4v) is 5.31. The van der Waals surface area contributed by atoms with E-state index in [4.69, 9.17) is 17.3 Å². The molecule has 0 radical (unpaired) electrons. The summed E-state index contributed by atoms with van der Waals surface area (Å²) in [7, 11) is -4.08. The maximum absolute atomic E-state index is 14.9. The topological polar surface area (TPSA) is 102 Å². The van der Waals surface area contributed by atoms with E-state index in [0.29, 0.717) is 16.7 Å². The third-order valence-corrected chi connectivity index (χ3v) is 7.30. The van der Waals surface area contributed by atoms with Crippen LogP contribution in [-0.4, -0.2) is 43.1 Å². The summed E-state index contributed by atoms with van der Waals surface area (Å²) in [6.45, 7) is 0.0981. The van der Waals surface area contributed by atoms with Gasteiger partial charge in [0.25, 0.3) is 11.8 Å². The van der Waals surface area contributed by atoms with Gasteiger partial charge in [-0.2, -0.15) is 22.0 Å². The molecule has 1 aromatic heterocycles. The highest BCUT2D eigenvalue weighted by atomic mass is 35.5. The van der Waals surface area contributed by atoms with Crippen molar-refractivity contribution in [3.05, 3.63) is 58.7 Å². The zero-order chi connectivity index (χ0) is 25.8. The van der Waals surface area contributed by atoms with Crippen molar-refractivity contribution < 1.29 is 39.2 Å². The van der Waals surface area contributed by atoms with Gasteiger partial charge in [0.2, 0.25) is 0 Å². The third kappa shape index (κ3) is 4.82. The maximum atomic E-state index is 14.9. The number of benzene rings is 2. The molecule has 15 heteroatoms. The van der Waals surface area contributed by atoms with Gasteiger partial charge in [0, 0.05) is 24.2 Å². The van der Waals surface area contributed by atoms with E-state index in [1.807, 2.05) is 0 Å². The number of hydrogen-bond donors (Lipinski definition) is 1. The third-order valence-electron chi connectivity index (χ3n) is 5.18. The van der Waals surface area contributed by atoms with Gasteiger partial charge in [-0.15, -0.1) is 10.2 Å². The van der Waals surface area contributed by atoms with Crippen molar-refractivity contribution in [3.8, 4) is 11.5 Å². The van der Waals surface area contributed by atoms with Gasteiger partial charge in [0.1, 0.15) is 5.82 Å². The Morgan fingerprint density at radius 1 is 1.11 bits per heavy atom. The van der Waals surface area contributed by atoms with E-state index in [9.17, 15) is 34.8 Å². The number of hydrogen-bond acceptors (Lipinski definition) is 7. The smallest absolute Gasteiger partial charge is 0.414 e. The second-order valence-electron chi connectivity index (χ2n) is 7.83. The number of nitrogens with zero attached hydrogens (tertiary/aromatic N) is 3. The standard InChI is InChI=1S/C20H15ClF6N4O3S/c21-11-3-1-10(2-4-11)7-31-8-12(28)9-35(32,33)16-6-14(22)13(5-15(16)31)17-29-30-18(34-17)19(23,24)20(25,26)27/h1-6,12H,7-9,28H2/t12-/m1/s1. The second-order valence-corrected chi connectivity index (χ2v) is 10.3. The Labute approximate surface area is 199 Å². The summed E-state index contributed by atoms with van der Waals surface area (Å²) in [5.74, 6) is -10.3. The molecule has 1 aliphatic rings. The fourth-order valence-electron chi connectivity index (χ4n) is 3.55. The van der Waals surface area contributed by atoms with Gasteiger partial charge in [0.15, 0.2) is 9.84 Å². The number of nitrogens with two attached hydrogens (primary N) is 1. The lowest BCUT2D eigenvalue weighted by Gasteiger charge is -2.26. The number of alkyl halides is 5. The summed E-state index contributed by atoms with van der Waals surface area (Å²) >= 11 is 5.89. The van der Waals surface area contributed by atoms with Crippen LogP contribution in [0.5, 0.6) is 0 Å². The molecule has 0 fully saturated rings. The molecule has 1 aliphatic heterocycles. The molecule has 7 nitrogen and oxygen atoms in total. The molecule has 0 aliphatic carbocycles. The summed E-state index contributed by atoms with van der Waals surface area (Å²) in [6, 6.07) is 7.23. The van der Waals surface area contributed by atoms with Crippen molar-refractivity contribution in [1.82, 2.24) is 10.2 Å². The van der Waals surface area contributed by atoms with Gasteiger partial charge >= 0.3 is 12.1 Å². The van der Waals surface area contributed by atoms with Gasteiger partial charge in [-0.25, -0.2) is 12.8 Å². The Hall–Kier alpha value is -2.84. The molecule has 2 aromatic carbocycles. The maximum Gasteiger partial charge on any atom is 0.463 e. The van der Waals surface area contributed by atoms with Crippen LogP contribution in [0.25, 0.3) is 11.5 Å². The SMILES string of the molecule is N[C@@H]1CN(Cc2ccc(Cl)cc2)c2cc(-c3nnc(C(F)(F)C(F)(F)F)o3)c(F)cc2S(=O)(=O)C1. The highest BCUT2D eigenvalue weighted by Crippen LogP contribution is 2.44. The van der Waals surface area contributed by atoms with Gasteiger partial charge < -0.3 is 15.1 Å². The zero-order valence-electron chi connectivity index (χ0n) is 17.4. The molecule has 0 saturated carbocycles. The molecule has 35 heavy (non-hydrogen) atoms. The highest BCUT2D eigenvalue weighted by Gasteiger charge is 2.63. The van der Waals surface area contributed by atoms with E-state index >= 15 is 0 Å². The van der Waals surface area contributed by atoms with Gasteiger partial charge in [-0.3, -0.25) is 0 Å². The van der Waals surface area contributed by atoms with E-state index in [-0.39, 0.29) is 18.8 Å². The predicted molar refractivity (Wildman–Crippen MR) is 112 cm³/mol. The van der Waals surface area contributed by atoms with E-state index in [2.05, 4.69) is 14.6 Å². The minimum absolute atomic E-state index is 0.00115. The summed E-state index contributed by atoms with van der Waals surface area (Å²) in [4.78, 5) is 1.08. The van der Waals surface area contributed by atoms with E-state index in [1.54, 1.807) is 24.3 Å². The molecule has 2 heterocycles.